The van der Waals surface area contributed by atoms with Gasteiger partial charge in [-0.15, -0.1) is 0 Å². The SMILES string of the molecule is C=c1cc(-c2ccc(/C(C)=C(\C#N)C(N)=O)n2C)cc/c1=C/C(=C\C)N(C)C.CC(C)CCO.CCC. The van der Waals surface area contributed by atoms with Crippen molar-refractivity contribution in [2.45, 2.75) is 54.4 Å². The van der Waals surface area contributed by atoms with E-state index in [9.17, 15) is 10.1 Å². The molecule has 0 unspecified atom stereocenters. The molecule has 0 aliphatic heterocycles. The molecule has 0 fully saturated rings. The van der Waals surface area contributed by atoms with Crippen LogP contribution in [0, 0.1) is 17.2 Å². The Bertz CT molecular complexity index is 1220. The van der Waals surface area contributed by atoms with Gasteiger partial charge in [-0.05, 0) is 72.0 Å². The average Bonchev–Trinajstić information content (AvgIpc) is 3.20. The van der Waals surface area contributed by atoms with Gasteiger partial charge in [0.25, 0.3) is 5.91 Å². The van der Waals surface area contributed by atoms with Crippen LogP contribution in [-0.2, 0) is 11.8 Å². The van der Waals surface area contributed by atoms with Crippen LogP contribution in [0.5, 0.6) is 0 Å². The Labute approximate surface area is 223 Å². The number of rotatable bonds is 7. The number of aliphatic hydroxyl groups is 1. The molecule has 0 saturated heterocycles. The number of amides is 1. The summed E-state index contributed by atoms with van der Waals surface area (Å²) in [7, 11) is 5.91. The molecule has 0 bridgehead atoms. The van der Waals surface area contributed by atoms with Gasteiger partial charge in [0.1, 0.15) is 11.6 Å². The van der Waals surface area contributed by atoms with E-state index >= 15 is 0 Å². The molecule has 3 N–H and O–H groups in total. The number of aliphatic hydroxyl groups excluding tert-OH is 1. The first-order valence-electron chi connectivity index (χ1n) is 12.7. The summed E-state index contributed by atoms with van der Waals surface area (Å²) in [5, 5.41) is 19.4. The highest BCUT2D eigenvalue weighted by Gasteiger charge is 2.15. The minimum absolute atomic E-state index is 0.0295. The molecule has 0 saturated carbocycles. The topological polar surface area (TPSA) is 95.3 Å². The molecule has 202 valence electrons. The fourth-order valence-corrected chi connectivity index (χ4v) is 3.42. The average molecular weight is 507 g/mol. The molecule has 1 amide bonds. The second kappa shape index (κ2) is 17.0. The van der Waals surface area contributed by atoms with Crippen LogP contribution in [0.3, 0.4) is 0 Å². The van der Waals surface area contributed by atoms with Crippen molar-refractivity contribution < 1.29 is 9.90 Å². The summed E-state index contributed by atoms with van der Waals surface area (Å²) in [6.07, 6.45) is 6.33. The summed E-state index contributed by atoms with van der Waals surface area (Å²) in [6, 6.07) is 11.9. The van der Waals surface area contributed by atoms with E-state index in [4.69, 9.17) is 10.8 Å². The van der Waals surface area contributed by atoms with Crippen LogP contribution in [0.4, 0.5) is 0 Å². The van der Waals surface area contributed by atoms with E-state index in [0.717, 1.165) is 39.5 Å². The highest BCUT2D eigenvalue weighted by Crippen LogP contribution is 2.25. The molecule has 37 heavy (non-hydrogen) atoms. The standard InChI is InChI=1S/C23H26N4O.C5H12O.C3H8/c1-7-19(26(4)5)13-17-8-9-18(12-15(17)2)22-11-10-21(27(22)6)16(3)20(14-24)23(25)28;1-5(2)3-4-6;1-3-2/h7-13H,2H2,1,3-6H3,(H2,25,28);5-6H,3-4H2,1-2H3;3H2,1-2H3/b17-13-,19-7+,20-16+;;. The van der Waals surface area contributed by atoms with Gasteiger partial charge in [0, 0.05) is 44.8 Å². The normalized spacial score (nSPS) is 12.1. The number of carbonyl (C=O) groups excluding carboxylic acids is 1. The molecule has 1 aromatic heterocycles. The molecular weight excluding hydrogens is 460 g/mol. The van der Waals surface area contributed by atoms with Gasteiger partial charge in [-0.2, -0.15) is 5.26 Å². The third kappa shape index (κ3) is 10.5. The van der Waals surface area contributed by atoms with Gasteiger partial charge in [-0.25, -0.2) is 0 Å². The molecule has 6 nitrogen and oxygen atoms in total. The molecule has 2 rings (SSSR count). The van der Waals surface area contributed by atoms with Gasteiger partial charge >= 0.3 is 0 Å². The number of allylic oxidation sites excluding steroid dienone is 3. The second-order valence-corrected chi connectivity index (χ2v) is 9.42. The Morgan fingerprint density at radius 2 is 1.84 bits per heavy atom. The van der Waals surface area contributed by atoms with Crippen LogP contribution in [0.2, 0.25) is 0 Å². The molecular formula is C31H46N4O2. The van der Waals surface area contributed by atoms with Gasteiger partial charge in [0.05, 0.1) is 0 Å². The summed E-state index contributed by atoms with van der Waals surface area (Å²) < 4.78 is 1.95. The van der Waals surface area contributed by atoms with E-state index in [1.807, 2.05) is 69.0 Å². The quantitative estimate of drug-likeness (QED) is 0.425. The Kier molecular flexibility index (Phi) is 15.4. The molecule has 1 heterocycles. The van der Waals surface area contributed by atoms with Crippen molar-refractivity contribution in [3.05, 3.63) is 63.8 Å². The lowest BCUT2D eigenvalue weighted by molar-refractivity contribution is -0.114. The smallest absolute Gasteiger partial charge is 0.259 e. The fourth-order valence-electron chi connectivity index (χ4n) is 3.42. The molecule has 0 aliphatic rings. The van der Waals surface area contributed by atoms with Crippen molar-refractivity contribution in [3.63, 3.8) is 0 Å². The van der Waals surface area contributed by atoms with Gasteiger partial charge in [0.15, 0.2) is 0 Å². The summed E-state index contributed by atoms with van der Waals surface area (Å²) >= 11 is 0. The number of primary amides is 1. The highest BCUT2D eigenvalue weighted by molar-refractivity contribution is 6.03. The summed E-state index contributed by atoms with van der Waals surface area (Å²) in [5.41, 5.74) is 9.70. The number of nitrogens with two attached hydrogens (primary N) is 1. The number of hydrogen-bond acceptors (Lipinski definition) is 4. The number of hydrogen-bond donors (Lipinski definition) is 2. The summed E-state index contributed by atoms with van der Waals surface area (Å²) in [6.45, 7) is 16.7. The maximum atomic E-state index is 11.5. The predicted molar refractivity (Wildman–Crippen MR) is 157 cm³/mol. The Balaban J connectivity index is 0.00000124. The van der Waals surface area contributed by atoms with Crippen molar-refractivity contribution in [3.8, 4) is 17.3 Å². The fraction of sp³-hybridized carbons (Fsp3) is 0.419. The number of nitriles is 1. The zero-order chi connectivity index (χ0) is 28.7. The molecule has 0 atom stereocenters. The van der Waals surface area contributed by atoms with Crippen molar-refractivity contribution in [2.24, 2.45) is 18.7 Å². The molecule has 0 spiro atoms. The molecule has 0 aliphatic carbocycles. The van der Waals surface area contributed by atoms with Gasteiger partial charge in [0.2, 0.25) is 0 Å². The van der Waals surface area contributed by atoms with Crippen molar-refractivity contribution >= 4 is 24.1 Å². The van der Waals surface area contributed by atoms with E-state index in [1.165, 1.54) is 6.42 Å². The third-order valence-electron chi connectivity index (χ3n) is 5.50. The van der Waals surface area contributed by atoms with Crippen LogP contribution in [0.1, 0.15) is 60.1 Å². The largest absolute Gasteiger partial charge is 0.396 e. The molecule has 6 heteroatoms. The van der Waals surface area contributed by atoms with Gasteiger partial charge < -0.3 is 20.3 Å². The predicted octanol–water partition coefficient (Wildman–Crippen LogP) is 4.57. The Morgan fingerprint density at radius 1 is 1.24 bits per heavy atom. The number of aromatic nitrogens is 1. The van der Waals surface area contributed by atoms with Crippen LogP contribution >= 0.6 is 0 Å². The van der Waals surface area contributed by atoms with E-state index in [1.54, 1.807) is 6.92 Å². The first-order chi connectivity index (χ1) is 17.4. The Hall–Kier alpha value is -3.56. The van der Waals surface area contributed by atoms with Crippen molar-refractivity contribution in [1.82, 2.24) is 9.47 Å². The number of benzene rings is 1. The van der Waals surface area contributed by atoms with E-state index in [0.29, 0.717) is 18.1 Å². The maximum Gasteiger partial charge on any atom is 0.259 e. The van der Waals surface area contributed by atoms with E-state index in [-0.39, 0.29) is 5.57 Å². The molecule has 1 aromatic carbocycles. The van der Waals surface area contributed by atoms with Crippen LogP contribution in [0.25, 0.3) is 29.5 Å². The monoisotopic (exact) mass is 506 g/mol. The first kappa shape index (κ1) is 33.4. The van der Waals surface area contributed by atoms with Crippen molar-refractivity contribution in [2.75, 3.05) is 20.7 Å². The lowest BCUT2D eigenvalue weighted by Gasteiger charge is -2.13. The number of carbonyl (C=O) groups is 1. The summed E-state index contributed by atoms with van der Waals surface area (Å²) in [5.74, 6) is -0.0710. The Morgan fingerprint density at radius 3 is 2.22 bits per heavy atom. The van der Waals surface area contributed by atoms with Crippen LogP contribution < -0.4 is 16.2 Å². The van der Waals surface area contributed by atoms with Crippen LogP contribution in [-0.4, -0.2) is 41.2 Å². The lowest BCUT2D eigenvalue weighted by atomic mass is 10.1. The zero-order valence-electron chi connectivity index (χ0n) is 24.2. The van der Waals surface area contributed by atoms with E-state index < -0.39 is 5.91 Å². The highest BCUT2D eigenvalue weighted by atomic mass is 16.3. The van der Waals surface area contributed by atoms with Crippen molar-refractivity contribution in [1.29, 1.82) is 5.26 Å². The molecule has 0 radical (unpaired) electrons. The minimum atomic E-state index is -0.719. The number of nitrogens with zero attached hydrogens (tertiary/aromatic N) is 3. The minimum Gasteiger partial charge on any atom is -0.396 e. The lowest BCUT2D eigenvalue weighted by Crippen LogP contribution is -2.24. The third-order valence-corrected chi connectivity index (χ3v) is 5.50. The molecule has 2 aromatic rings. The van der Waals surface area contributed by atoms with Gasteiger partial charge in [-0.1, -0.05) is 58.9 Å². The van der Waals surface area contributed by atoms with E-state index in [2.05, 4.69) is 51.3 Å². The second-order valence-electron chi connectivity index (χ2n) is 9.42. The maximum absolute atomic E-state index is 11.5. The zero-order valence-corrected chi connectivity index (χ0v) is 24.2. The van der Waals surface area contributed by atoms with Crippen LogP contribution in [0.15, 0.2) is 47.7 Å². The summed E-state index contributed by atoms with van der Waals surface area (Å²) in [4.78, 5) is 13.5. The first-order valence-corrected chi connectivity index (χ1v) is 12.7. The van der Waals surface area contributed by atoms with Gasteiger partial charge in [-0.3, -0.25) is 4.79 Å².